The summed E-state index contributed by atoms with van der Waals surface area (Å²) in [5, 5.41) is 7.76. The topological polar surface area (TPSA) is 29.9 Å². The van der Waals surface area contributed by atoms with Crippen LogP contribution in [0.2, 0.25) is 0 Å². The zero-order valence-electron chi connectivity index (χ0n) is 12.1. The van der Waals surface area contributed by atoms with Gasteiger partial charge in [0.05, 0.1) is 6.20 Å². The van der Waals surface area contributed by atoms with Gasteiger partial charge in [-0.05, 0) is 30.0 Å². The lowest BCUT2D eigenvalue weighted by molar-refractivity contribution is 0.602. The second kappa shape index (κ2) is 6.41. The Hall–Kier alpha value is -1.77. The van der Waals surface area contributed by atoms with Crippen molar-refractivity contribution in [2.75, 3.05) is 5.32 Å². The molecule has 0 unspecified atom stereocenters. The van der Waals surface area contributed by atoms with Crippen LogP contribution in [0.3, 0.4) is 0 Å². The Balaban J connectivity index is 1.90. The number of nitrogens with one attached hydrogen (secondary N) is 1. The molecule has 3 heteroatoms. The Morgan fingerprint density at radius 3 is 2.58 bits per heavy atom. The maximum atomic E-state index is 4.33. The van der Waals surface area contributed by atoms with Gasteiger partial charge in [0.1, 0.15) is 0 Å². The van der Waals surface area contributed by atoms with Gasteiger partial charge in [-0.1, -0.05) is 32.9 Å². The summed E-state index contributed by atoms with van der Waals surface area (Å²) in [6.45, 7) is 8.40. The Morgan fingerprint density at radius 1 is 1.21 bits per heavy atom. The fourth-order valence-electron chi connectivity index (χ4n) is 2.04. The van der Waals surface area contributed by atoms with E-state index in [9.17, 15) is 0 Å². The smallest absolute Gasteiger partial charge is 0.0539 e. The van der Waals surface area contributed by atoms with E-state index in [1.54, 1.807) is 0 Å². The van der Waals surface area contributed by atoms with Gasteiger partial charge in [-0.2, -0.15) is 5.10 Å². The van der Waals surface area contributed by atoms with Gasteiger partial charge < -0.3 is 5.32 Å². The van der Waals surface area contributed by atoms with Crippen LogP contribution in [0.15, 0.2) is 36.7 Å². The summed E-state index contributed by atoms with van der Waals surface area (Å²) in [5.74, 6) is 0.585. The number of hydrogen-bond acceptors (Lipinski definition) is 2. The first-order valence-corrected chi connectivity index (χ1v) is 7.04. The van der Waals surface area contributed by atoms with Gasteiger partial charge in [-0.25, -0.2) is 0 Å². The molecule has 0 aliphatic heterocycles. The monoisotopic (exact) mass is 257 g/mol. The SMILES string of the molecule is CCCn1cc(CNc2ccc(C(C)C)cc2)cn1. The molecule has 19 heavy (non-hydrogen) atoms. The van der Waals surface area contributed by atoms with Crippen LogP contribution in [-0.2, 0) is 13.1 Å². The van der Waals surface area contributed by atoms with E-state index in [4.69, 9.17) is 0 Å². The third-order valence-electron chi connectivity index (χ3n) is 3.21. The Bertz CT molecular complexity index is 497. The summed E-state index contributed by atoms with van der Waals surface area (Å²) in [6, 6.07) is 8.67. The van der Waals surface area contributed by atoms with Crippen molar-refractivity contribution in [3.63, 3.8) is 0 Å². The fourth-order valence-corrected chi connectivity index (χ4v) is 2.04. The summed E-state index contributed by atoms with van der Waals surface area (Å²) in [6.07, 6.45) is 5.16. The molecule has 0 saturated carbocycles. The normalized spacial score (nSPS) is 10.9. The van der Waals surface area contributed by atoms with E-state index in [0.29, 0.717) is 5.92 Å². The third-order valence-corrected chi connectivity index (χ3v) is 3.21. The van der Waals surface area contributed by atoms with Crippen LogP contribution in [0.4, 0.5) is 5.69 Å². The highest BCUT2D eigenvalue weighted by Crippen LogP contribution is 2.17. The van der Waals surface area contributed by atoms with E-state index in [-0.39, 0.29) is 0 Å². The van der Waals surface area contributed by atoms with Crippen LogP contribution < -0.4 is 5.32 Å². The zero-order valence-corrected chi connectivity index (χ0v) is 12.1. The van der Waals surface area contributed by atoms with Crippen molar-refractivity contribution in [1.82, 2.24) is 9.78 Å². The van der Waals surface area contributed by atoms with Crippen molar-refractivity contribution in [3.05, 3.63) is 47.8 Å². The van der Waals surface area contributed by atoms with Gasteiger partial charge in [0.15, 0.2) is 0 Å². The van der Waals surface area contributed by atoms with Gasteiger partial charge in [-0.3, -0.25) is 4.68 Å². The second-order valence-electron chi connectivity index (χ2n) is 5.24. The van der Waals surface area contributed by atoms with E-state index in [1.165, 1.54) is 11.1 Å². The molecule has 1 aromatic heterocycles. The number of nitrogens with zero attached hydrogens (tertiary/aromatic N) is 2. The fraction of sp³-hybridized carbons (Fsp3) is 0.438. The lowest BCUT2D eigenvalue weighted by Gasteiger charge is -2.08. The van der Waals surface area contributed by atoms with Crippen molar-refractivity contribution < 1.29 is 0 Å². The van der Waals surface area contributed by atoms with Gasteiger partial charge in [0, 0.05) is 30.5 Å². The first kappa shape index (κ1) is 13.7. The highest BCUT2D eigenvalue weighted by atomic mass is 15.3. The van der Waals surface area contributed by atoms with Gasteiger partial charge >= 0.3 is 0 Å². The molecule has 0 atom stereocenters. The molecule has 0 spiro atoms. The molecule has 0 amide bonds. The van der Waals surface area contributed by atoms with Crippen molar-refractivity contribution >= 4 is 5.69 Å². The predicted octanol–water partition coefficient (Wildman–Crippen LogP) is 4.03. The molecule has 1 aromatic carbocycles. The summed E-state index contributed by atoms with van der Waals surface area (Å²) in [5.41, 5.74) is 3.76. The van der Waals surface area contributed by atoms with Crippen molar-refractivity contribution in [2.24, 2.45) is 0 Å². The van der Waals surface area contributed by atoms with Crippen LogP contribution >= 0.6 is 0 Å². The highest BCUT2D eigenvalue weighted by molar-refractivity contribution is 5.45. The Labute approximate surface area is 115 Å². The Kier molecular flexibility index (Phi) is 4.61. The maximum absolute atomic E-state index is 4.33. The molecule has 102 valence electrons. The molecular formula is C16H23N3. The molecule has 1 heterocycles. The van der Waals surface area contributed by atoms with Crippen LogP contribution in [0.1, 0.15) is 44.2 Å². The number of anilines is 1. The number of aryl methyl sites for hydroxylation is 1. The second-order valence-corrected chi connectivity index (χ2v) is 5.24. The lowest BCUT2D eigenvalue weighted by atomic mass is 10.0. The number of aromatic nitrogens is 2. The van der Waals surface area contributed by atoms with Gasteiger partial charge in [0.25, 0.3) is 0 Å². The molecule has 0 aliphatic rings. The van der Waals surface area contributed by atoms with Crippen LogP contribution in [0.5, 0.6) is 0 Å². The maximum Gasteiger partial charge on any atom is 0.0539 e. The largest absolute Gasteiger partial charge is 0.381 e. The lowest BCUT2D eigenvalue weighted by Crippen LogP contribution is -1.99. The molecule has 3 nitrogen and oxygen atoms in total. The van der Waals surface area contributed by atoms with Crippen LogP contribution in [-0.4, -0.2) is 9.78 Å². The van der Waals surface area contributed by atoms with E-state index in [0.717, 1.165) is 25.2 Å². The first-order valence-electron chi connectivity index (χ1n) is 7.04. The number of benzene rings is 1. The van der Waals surface area contributed by atoms with Crippen molar-refractivity contribution in [3.8, 4) is 0 Å². The summed E-state index contributed by atoms with van der Waals surface area (Å²) >= 11 is 0. The molecule has 0 bridgehead atoms. The summed E-state index contributed by atoms with van der Waals surface area (Å²) in [4.78, 5) is 0. The predicted molar refractivity (Wildman–Crippen MR) is 80.4 cm³/mol. The van der Waals surface area contributed by atoms with Crippen molar-refractivity contribution in [2.45, 2.75) is 46.2 Å². The third kappa shape index (κ3) is 3.85. The average Bonchev–Trinajstić information content (AvgIpc) is 2.85. The standard InChI is InChI=1S/C16H23N3/c1-4-9-19-12-14(11-18-19)10-17-16-7-5-15(6-8-16)13(2)3/h5-8,11-13,17H,4,9-10H2,1-3H3. The van der Waals surface area contributed by atoms with E-state index in [2.05, 4.69) is 61.6 Å². The van der Waals surface area contributed by atoms with Crippen LogP contribution in [0, 0.1) is 0 Å². The van der Waals surface area contributed by atoms with Gasteiger partial charge in [-0.15, -0.1) is 0 Å². The van der Waals surface area contributed by atoms with Crippen molar-refractivity contribution in [1.29, 1.82) is 0 Å². The number of hydrogen-bond donors (Lipinski definition) is 1. The summed E-state index contributed by atoms with van der Waals surface area (Å²) < 4.78 is 2.00. The average molecular weight is 257 g/mol. The molecule has 2 aromatic rings. The molecule has 0 aliphatic carbocycles. The van der Waals surface area contributed by atoms with E-state index >= 15 is 0 Å². The molecule has 2 rings (SSSR count). The highest BCUT2D eigenvalue weighted by Gasteiger charge is 2.00. The number of rotatable bonds is 6. The minimum absolute atomic E-state index is 0.585. The minimum Gasteiger partial charge on any atom is -0.381 e. The van der Waals surface area contributed by atoms with E-state index < -0.39 is 0 Å². The minimum atomic E-state index is 0.585. The quantitative estimate of drug-likeness (QED) is 0.846. The molecule has 0 saturated heterocycles. The Morgan fingerprint density at radius 2 is 1.95 bits per heavy atom. The molecule has 0 radical (unpaired) electrons. The van der Waals surface area contributed by atoms with E-state index in [1.807, 2.05) is 10.9 Å². The molecule has 0 fully saturated rings. The molecule has 1 N–H and O–H groups in total. The van der Waals surface area contributed by atoms with Crippen LogP contribution in [0.25, 0.3) is 0 Å². The zero-order chi connectivity index (χ0) is 13.7. The van der Waals surface area contributed by atoms with Gasteiger partial charge in [0.2, 0.25) is 0 Å². The summed E-state index contributed by atoms with van der Waals surface area (Å²) in [7, 11) is 0. The molecular weight excluding hydrogens is 234 g/mol. The first-order chi connectivity index (χ1) is 9.19.